The molecule has 104 valence electrons. The number of H-pyrrole nitrogens is 1. The first-order valence-corrected chi connectivity index (χ1v) is 7.38. The van der Waals surface area contributed by atoms with Crippen LogP contribution in [0.15, 0.2) is 16.9 Å². The molecule has 3 rings (SSSR count). The average Bonchev–Trinajstić information content (AvgIpc) is 2.38. The lowest BCUT2D eigenvalue weighted by Crippen LogP contribution is -2.39. The number of rotatable bonds is 2. The molecule has 0 bridgehead atoms. The van der Waals surface area contributed by atoms with Crippen molar-refractivity contribution in [3.8, 4) is 0 Å². The molecule has 2 aliphatic carbocycles. The van der Waals surface area contributed by atoms with E-state index in [0.29, 0.717) is 12.1 Å². The van der Waals surface area contributed by atoms with Gasteiger partial charge in [-0.2, -0.15) is 0 Å². The molecule has 1 aromatic rings. The highest BCUT2D eigenvalue weighted by Gasteiger charge is 2.26. The molecule has 4 nitrogen and oxygen atoms in total. The van der Waals surface area contributed by atoms with Gasteiger partial charge in [0.15, 0.2) is 0 Å². The molecule has 3 N–H and O–H groups in total. The second kappa shape index (κ2) is 5.47. The second-order valence-electron chi connectivity index (χ2n) is 5.89. The van der Waals surface area contributed by atoms with Crippen molar-refractivity contribution < 1.29 is 5.11 Å². The monoisotopic (exact) mass is 262 g/mol. The van der Waals surface area contributed by atoms with Crippen molar-refractivity contribution in [3.05, 3.63) is 33.7 Å². The topological polar surface area (TPSA) is 65.1 Å². The van der Waals surface area contributed by atoms with E-state index in [4.69, 9.17) is 0 Å². The Kier molecular flexibility index (Phi) is 3.71. The molecule has 1 heterocycles. The smallest absolute Gasteiger partial charge is 0.248 e. The second-order valence-corrected chi connectivity index (χ2v) is 5.89. The lowest BCUT2D eigenvalue weighted by molar-refractivity contribution is 0.107. The molecule has 3 unspecified atom stereocenters. The van der Waals surface area contributed by atoms with Crippen LogP contribution >= 0.6 is 0 Å². The van der Waals surface area contributed by atoms with Crippen molar-refractivity contribution in [2.75, 3.05) is 0 Å². The minimum absolute atomic E-state index is 0.00695. The van der Waals surface area contributed by atoms with Crippen LogP contribution in [0.5, 0.6) is 0 Å². The fourth-order valence-electron chi connectivity index (χ4n) is 3.47. The van der Waals surface area contributed by atoms with Gasteiger partial charge in [0.05, 0.1) is 6.10 Å². The molecule has 4 heteroatoms. The summed E-state index contributed by atoms with van der Waals surface area (Å²) in [5.74, 6) is 0. The number of aliphatic hydroxyl groups excluding tert-OH is 1. The number of hydrogen-bond donors (Lipinski definition) is 3. The van der Waals surface area contributed by atoms with Gasteiger partial charge in [0.25, 0.3) is 0 Å². The maximum Gasteiger partial charge on any atom is 0.248 e. The molecule has 19 heavy (non-hydrogen) atoms. The van der Waals surface area contributed by atoms with Gasteiger partial charge in [0.1, 0.15) is 0 Å². The maximum atomic E-state index is 11.4. The van der Waals surface area contributed by atoms with Gasteiger partial charge in [-0.05, 0) is 50.5 Å². The maximum absolute atomic E-state index is 11.4. The Morgan fingerprint density at radius 1 is 1.21 bits per heavy atom. The number of aliphatic hydroxyl groups is 1. The molecule has 0 amide bonds. The minimum Gasteiger partial charge on any atom is -0.393 e. The predicted molar refractivity (Wildman–Crippen MR) is 74.1 cm³/mol. The third-order valence-electron chi connectivity index (χ3n) is 4.42. The van der Waals surface area contributed by atoms with E-state index >= 15 is 0 Å². The summed E-state index contributed by atoms with van der Waals surface area (Å²) in [5, 5.41) is 13.4. The summed E-state index contributed by atoms with van der Waals surface area (Å²) >= 11 is 0. The van der Waals surface area contributed by atoms with Crippen LogP contribution in [0.25, 0.3) is 0 Å². The van der Waals surface area contributed by atoms with E-state index in [1.54, 1.807) is 6.07 Å². The van der Waals surface area contributed by atoms with Crippen molar-refractivity contribution in [2.45, 2.75) is 63.1 Å². The number of aryl methyl sites for hydroxylation is 1. The molecule has 3 atom stereocenters. The number of aromatic amines is 1. The Morgan fingerprint density at radius 3 is 2.95 bits per heavy atom. The van der Waals surface area contributed by atoms with E-state index in [1.807, 2.05) is 6.07 Å². The Hall–Kier alpha value is -1.13. The molecule has 2 aliphatic rings. The van der Waals surface area contributed by atoms with Crippen LogP contribution in [0.3, 0.4) is 0 Å². The SMILES string of the molecule is O=c1ccc2c([nH]1)CCCC2NC1CCCC(O)C1. The molecular formula is C15H22N2O2. The van der Waals surface area contributed by atoms with Crippen LogP contribution in [0.1, 0.15) is 55.8 Å². The summed E-state index contributed by atoms with van der Waals surface area (Å²) < 4.78 is 0. The highest BCUT2D eigenvalue weighted by molar-refractivity contribution is 5.26. The standard InChI is InChI=1S/C15H22N2O2/c18-11-4-1-3-10(9-11)16-13-5-2-6-14-12(13)7-8-15(19)17-14/h7-8,10-11,13,16,18H,1-6,9H2,(H,17,19). The first-order chi connectivity index (χ1) is 9.22. The molecule has 0 saturated heterocycles. The summed E-state index contributed by atoms with van der Waals surface area (Å²) in [7, 11) is 0. The molecule has 1 saturated carbocycles. The van der Waals surface area contributed by atoms with Gasteiger partial charge in [-0.1, -0.05) is 6.07 Å². The lowest BCUT2D eigenvalue weighted by atomic mass is 9.88. The predicted octanol–water partition coefficient (Wildman–Crippen LogP) is 1.65. The molecule has 1 aromatic heterocycles. The zero-order valence-corrected chi connectivity index (χ0v) is 11.2. The summed E-state index contributed by atoms with van der Waals surface area (Å²) in [6.45, 7) is 0. The average molecular weight is 262 g/mol. The normalized spacial score (nSPS) is 30.9. The van der Waals surface area contributed by atoms with Crippen molar-refractivity contribution in [1.29, 1.82) is 0 Å². The molecule has 1 fully saturated rings. The van der Waals surface area contributed by atoms with Crippen LogP contribution in [0, 0.1) is 0 Å². The third-order valence-corrected chi connectivity index (χ3v) is 4.42. The van der Waals surface area contributed by atoms with Crippen LogP contribution in [0.4, 0.5) is 0 Å². The molecule has 0 aromatic carbocycles. The van der Waals surface area contributed by atoms with Gasteiger partial charge in [-0.15, -0.1) is 0 Å². The summed E-state index contributed by atoms with van der Waals surface area (Å²) in [6.07, 6.45) is 7.09. The molecule has 0 aliphatic heterocycles. The Balaban J connectivity index is 1.74. The number of hydrogen-bond acceptors (Lipinski definition) is 3. The molecule has 0 radical (unpaired) electrons. The molecular weight excluding hydrogens is 240 g/mol. The van der Waals surface area contributed by atoms with Crippen molar-refractivity contribution in [2.24, 2.45) is 0 Å². The Bertz CT molecular complexity index is 497. The summed E-state index contributed by atoms with van der Waals surface area (Å²) in [6, 6.07) is 4.32. The van der Waals surface area contributed by atoms with Crippen LogP contribution in [0.2, 0.25) is 0 Å². The first-order valence-electron chi connectivity index (χ1n) is 7.38. The first kappa shape index (κ1) is 12.9. The van der Waals surface area contributed by atoms with E-state index in [0.717, 1.165) is 50.6 Å². The largest absolute Gasteiger partial charge is 0.393 e. The van der Waals surface area contributed by atoms with Crippen molar-refractivity contribution in [1.82, 2.24) is 10.3 Å². The van der Waals surface area contributed by atoms with Crippen LogP contribution in [-0.4, -0.2) is 22.2 Å². The number of nitrogens with one attached hydrogen (secondary N) is 2. The zero-order valence-electron chi connectivity index (χ0n) is 11.2. The number of fused-ring (bicyclic) bond motifs is 1. The van der Waals surface area contributed by atoms with Gasteiger partial charge in [-0.3, -0.25) is 4.79 Å². The van der Waals surface area contributed by atoms with E-state index in [1.165, 1.54) is 5.56 Å². The Morgan fingerprint density at radius 2 is 2.11 bits per heavy atom. The highest BCUT2D eigenvalue weighted by Crippen LogP contribution is 2.30. The van der Waals surface area contributed by atoms with Gasteiger partial charge < -0.3 is 15.4 Å². The van der Waals surface area contributed by atoms with E-state index in [2.05, 4.69) is 10.3 Å². The van der Waals surface area contributed by atoms with E-state index < -0.39 is 0 Å². The lowest BCUT2D eigenvalue weighted by Gasteiger charge is -2.33. The zero-order chi connectivity index (χ0) is 13.2. The summed E-state index contributed by atoms with van der Waals surface area (Å²) in [5.41, 5.74) is 2.33. The van der Waals surface area contributed by atoms with E-state index in [9.17, 15) is 9.90 Å². The van der Waals surface area contributed by atoms with Crippen LogP contribution < -0.4 is 10.9 Å². The number of pyridine rings is 1. The highest BCUT2D eigenvalue weighted by atomic mass is 16.3. The minimum atomic E-state index is -0.148. The van der Waals surface area contributed by atoms with Gasteiger partial charge in [0.2, 0.25) is 5.56 Å². The van der Waals surface area contributed by atoms with Crippen molar-refractivity contribution in [3.63, 3.8) is 0 Å². The molecule has 0 spiro atoms. The van der Waals surface area contributed by atoms with Gasteiger partial charge in [0, 0.05) is 23.8 Å². The van der Waals surface area contributed by atoms with Gasteiger partial charge in [-0.25, -0.2) is 0 Å². The fourth-order valence-corrected chi connectivity index (χ4v) is 3.47. The third kappa shape index (κ3) is 2.90. The number of aromatic nitrogens is 1. The Labute approximate surface area is 113 Å². The summed E-state index contributed by atoms with van der Waals surface area (Å²) in [4.78, 5) is 14.3. The van der Waals surface area contributed by atoms with E-state index in [-0.39, 0.29) is 11.7 Å². The van der Waals surface area contributed by atoms with Gasteiger partial charge >= 0.3 is 0 Å². The van der Waals surface area contributed by atoms with Crippen molar-refractivity contribution >= 4 is 0 Å². The quantitative estimate of drug-likeness (QED) is 0.759. The van der Waals surface area contributed by atoms with Crippen LogP contribution in [-0.2, 0) is 6.42 Å². The fraction of sp³-hybridized carbons (Fsp3) is 0.667.